The van der Waals surface area contributed by atoms with E-state index >= 15 is 0 Å². The summed E-state index contributed by atoms with van der Waals surface area (Å²) < 4.78 is 5.80. The summed E-state index contributed by atoms with van der Waals surface area (Å²) >= 11 is 0. The Morgan fingerprint density at radius 2 is 1.92 bits per heavy atom. The van der Waals surface area contributed by atoms with E-state index < -0.39 is 0 Å². The normalized spacial score (nSPS) is 25.7. The minimum absolute atomic E-state index is 0.00495. The van der Waals surface area contributed by atoms with Crippen LogP contribution >= 0.6 is 0 Å². The van der Waals surface area contributed by atoms with Gasteiger partial charge in [0.25, 0.3) is 5.91 Å². The second-order valence-corrected chi connectivity index (χ2v) is 7.81. The maximum atomic E-state index is 12.9. The van der Waals surface area contributed by atoms with Crippen molar-refractivity contribution in [1.82, 2.24) is 25.1 Å². The smallest absolute Gasteiger partial charge is 0.274 e. The number of hydrogen-bond acceptors (Lipinski definition) is 5. The van der Waals surface area contributed by atoms with Gasteiger partial charge in [0.05, 0.1) is 23.8 Å². The molecule has 0 unspecified atom stereocenters. The van der Waals surface area contributed by atoms with E-state index in [0.29, 0.717) is 24.7 Å². The lowest BCUT2D eigenvalue weighted by atomic mass is 9.95. The fourth-order valence-corrected chi connectivity index (χ4v) is 3.99. The third-order valence-corrected chi connectivity index (χ3v) is 5.71. The lowest BCUT2D eigenvalue weighted by molar-refractivity contribution is -0.00706. The predicted octanol–water partition coefficient (Wildman–Crippen LogP) is 2.34. The molecule has 0 spiro atoms. The number of rotatable bonds is 3. The minimum atomic E-state index is -0.0506. The van der Waals surface area contributed by atoms with Gasteiger partial charge in [-0.1, -0.05) is 0 Å². The van der Waals surface area contributed by atoms with Crippen LogP contribution in [0, 0.1) is 0 Å². The SMILES string of the molecule is C[C@@H]1Cc2c(C(=O)N3CC(c4ncc(C5CC5)cn4)C3)n[nH]c2[C@H](C)O1. The van der Waals surface area contributed by atoms with E-state index in [1.165, 1.54) is 18.4 Å². The Hall–Kier alpha value is -2.28. The maximum absolute atomic E-state index is 12.9. The van der Waals surface area contributed by atoms with Gasteiger partial charge in [0.2, 0.25) is 0 Å². The summed E-state index contributed by atoms with van der Waals surface area (Å²) in [6, 6.07) is 0. The van der Waals surface area contributed by atoms with Crippen molar-refractivity contribution < 1.29 is 9.53 Å². The van der Waals surface area contributed by atoms with Gasteiger partial charge in [0, 0.05) is 37.5 Å². The molecule has 1 amide bonds. The molecule has 2 aromatic rings. The van der Waals surface area contributed by atoms with Crippen LogP contribution in [0.15, 0.2) is 12.4 Å². The van der Waals surface area contributed by atoms with Crippen LogP contribution in [0.2, 0.25) is 0 Å². The summed E-state index contributed by atoms with van der Waals surface area (Å²) in [4.78, 5) is 23.7. The second-order valence-electron chi connectivity index (χ2n) is 7.81. The van der Waals surface area contributed by atoms with Crippen LogP contribution in [-0.2, 0) is 11.2 Å². The van der Waals surface area contributed by atoms with E-state index in [4.69, 9.17) is 4.74 Å². The molecule has 4 heterocycles. The molecule has 0 aromatic carbocycles. The Labute approximate surface area is 152 Å². The molecule has 2 fully saturated rings. The molecule has 0 bridgehead atoms. The molecule has 1 saturated heterocycles. The molecule has 2 aliphatic heterocycles. The highest BCUT2D eigenvalue weighted by Crippen LogP contribution is 2.39. The molecule has 1 saturated carbocycles. The van der Waals surface area contributed by atoms with Crippen molar-refractivity contribution in [2.24, 2.45) is 0 Å². The van der Waals surface area contributed by atoms with Gasteiger partial charge in [-0.3, -0.25) is 9.89 Å². The molecule has 0 radical (unpaired) electrons. The average molecular weight is 353 g/mol. The molecule has 136 valence electrons. The number of hydrogen-bond donors (Lipinski definition) is 1. The monoisotopic (exact) mass is 353 g/mol. The number of nitrogens with zero attached hydrogens (tertiary/aromatic N) is 4. The lowest BCUT2D eigenvalue weighted by Crippen LogP contribution is -2.49. The van der Waals surface area contributed by atoms with Crippen molar-refractivity contribution in [3.05, 3.63) is 40.7 Å². The molecular weight excluding hydrogens is 330 g/mol. The van der Waals surface area contributed by atoms with E-state index in [0.717, 1.165) is 23.5 Å². The van der Waals surface area contributed by atoms with E-state index in [9.17, 15) is 4.79 Å². The van der Waals surface area contributed by atoms with Crippen LogP contribution < -0.4 is 0 Å². The predicted molar refractivity (Wildman–Crippen MR) is 93.9 cm³/mol. The van der Waals surface area contributed by atoms with E-state index in [2.05, 4.69) is 20.2 Å². The molecule has 26 heavy (non-hydrogen) atoms. The van der Waals surface area contributed by atoms with Gasteiger partial charge in [-0.25, -0.2) is 9.97 Å². The highest BCUT2D eigenvalue weighted by Gasteiger charge is 2.38. The number of aromatic nitrogens is 4. The standard InChI is InChI=1S/C19H23N5O2/c1-10-5-15-16(11(2)26-10)22-23-17(15)19(25)24-8-14(9-24)18-20-6-13(7-21-18)12-3-4-12/h6-7,10-12,14H,3-5,8-9H2,1-2H3,(H,22,23)/t10-,11+/m1/s1. The molecule has 5 rings (SSSR count). The first-order valence-corrected chi connectivity index (χ1v) is 9.44. The molecule has 3 aliphatic rings. The molecule has 1 N–H and O–H groups in total. The number of nitrogens with one attached hydrogen (secondary N) is 1. The van der Waals surface area contributed by atoms with E-state index in [1.54, 1.807) is 0 Å². The first-order chi connectivity index (χ1) is 12.6. The topological polar surface area (TPSA) is 84.0 Å². The van der Waals surface area contributed by atoms with Gasteiger partial charge in [0.1, 0.15) is 5.82 Å². The Morgan fingerprint density at radius 1 is 1.19 bits per heavy atom. The molecule has 2 atom stereocenters. The van der Waals surface area contributed by atoms with Crippen molar-refractivity contribution >= 4 is 5.91 Å². The van der Waals surface area contributed by atoms with Crippen LogP contribution in [0.5, 0.6) is 0 Å². The average Bonchev–Trinajstić information content (AvgIpc) is 3.34. The van der Waals surface area contributed by atoms with E-state index in [1.807, 2.05) is 31.1 Å². The third-order valence-electron chi connectivity index (χ3n) is 5.71. The quantitative estimate of drug-likeness (QED) is 0.916. The van der Waals surface area contributed by atoms with E-state index in [-0.39, 0.29) is 24.0 Å². The van der Waals surface area contributed by atoms with Crippen LogP contribution in [0.3, 0.4) is 0 Å². The zero-order valence-corrected chi connectivity index (χ0v) is 15.1. The summed E-state index contributed by atoms with van der Waals surface area (Å²) in [6.07, 6.45) is 7.19. The summed E-state index contributed by atoms with van der Waals surface area (Å²) in [5.41, 5.74) is 3.73. The summed E-state index contributed by atoms with van der Waals surface area (Å²) in [7, 11) is 0. The molecule has 7 nitrogen and oxygen atoms in total. The first kappa shape index (κ1) is 15.9. The summed E-state index contributed by atoms with van der Waals surface area (Å²) in [6.45, 7) is 5.34. The van der Waals surface area contributed by atoms with Crippen LogP contribution in [0.25, 0.3) is 0 Å². The zero-order valence-electron chi connectivity index (χ0n) is 15.1. The number of H-pyrrole nitrogens is 1. The van der Waals surface area contributed by atoms with Crippen LogP contribution in [0.1, 0.15) is 77.8 Å². The zero-order chi connectivity index (χ0) is 17.8. The Bertz CT molecular complexity index is 836. The molecular formula is C19H23N5O2. The molecule has 2 aromatic heterocycles. The van der Waals surface area contributed by atoms with Crippen molar-refractivity contribution in [2.45, 2.75) is 57.2 Å². The minimum Gasteiger partial charge on any atom is -0.369 e. The van der Waals surface area contributed by atoms with Gasteiger partial charge in [-0.05, 0) is 38.2 Å². The first-order valence-electron chi connectivity index (χ1n) is 9.44. The number of carbonyl (C=O) groups is 1. The van der Waals surface area contributed by atoms with Crippen molar-refractivity contribution in [1.29, 1.82) is 0 Å². The fraction of sp³-hybridized carbons (Fsp3) is 0.579. The van der Waals surface area contributed by atoms with Gasteiger partial charge >= 0.3 is 0 Å². The van der Waals surface area contributed by atoms with Crippen LogP contribution in [0.4, 0.5) is 0 Å². The highest BCUT2D eigenvalue weighted by molar-refractivity contribution is 5.94. The van der Waals surface area contributed by atoms with Crippen molar-refractivity contribution in [3.63, 3.8) is 0 Å². The number of likely N-dealkylation sites (tertiary alicyclic amines) is 1. The Kier molecular flexibility index (Phi) is 3.60. The van der Waals surface area contributed by atoms with Gasteiger partial charge in [-0.15, -0.1) is 0 Å². The molecule has 1 aliphatic carbocycles. The fourth-order valence-electron chi connectivity index (χ4n) is 3.99. The van der Waals surface area contributed by atoms with Gasteiger partial charge in [-0.2, -0.15) is 5.10 Å². The largest absolute Gasteiger partial charge is 0.369 e. The number of aromatic amines is 1. The Balaban J connectivity index is 1.27. The van der Waals surface area contributed by atoms with Crippen LogP contribution in [-0.4, -0.2) is 50.2 Å². The number of carbonyl (C=O) groups excluding carboxylic acids is 1. The molecule has 7 heteroatoms. The highest BCUT2D eigenvalue weighted by atomic mass is 16.5. The van der Waals surface area contributed by atoms with Crippen molar-refractivity contribution in [2.75, 3.05) is 13.1 Å². The maximum Gasteiger partial charge on any atom is 0.274 e. The Morgan fingerprint density at radius 3 is 2.62 bits per heavy atom. The van der Waals surface area contributed by atoms with Gasteiger partial charge in [0.15, 0.2) is 5.69 Å². The van der Waals surface area contributed by atoms with Gasteiger partial charge < -0.3 is 9.64 Å². The lowest BCUT2D eigenvalue weighted by Gasteiger charge is -2.38. The number of amides is 1. The summed E-state index contributed by atoms with van der Waals surface area (Å²) in [5.74, 6) is 1.74. The summed E-state index contributed by atoms with van der Waals surface area (Å²) in [5, 5.41) is 7.29. The number of ether oxygens (including phenoxy) is 1. The number of fused-ring (bicyclic) bond motifs is 1. The third kappa shape index (κ3) is 2.61. The second kappa shape index (κ2) is 5.87. The van der Waals surface area contributed by atoms with Crippen molar-refractivity contribution in [3.8, 4) is 0 Å².